The maximum atomic E-state index is 12.8. The maximum absolute atomic E-state index is 12.8. The normalized spacial score (nSPS) is 13.9. The number of carbonyl (C=O) groups is 2. The number of urea groups is 1. The summed E-state index contributed by atoms with van der Waals surface area (Å²) in [5.74, 6) is 1.61. The number of carbonyl (C=O) groups excluding carboxylic acids is 2. The minimum absolute atomic E-state index is 0.102. The zero-order valence-corrected chi connectivity index (χ0v) is 22.9. The van der Waals surface area contributed by atoms with E-state index < -0.39 is 0 Å². The van der Waals surface area contributed by atoms with Crippen molar-refractivity contribution in [1.82, 2.24) is 14.9 Å². The first-order valence-electron chi connectivity index (χ1n) is 13.6. The molecule has 0 bridgehead atoms. The standard InChI is InChI=1S/C30H37N5O4/c1-4-28(36)26(31)6-5-17-38-24-11-12-25-27(18-24)32-19-33-29(25)21-13-15-35(16-14-21)30(37)34-22-7-9-23(10-8-22)39-20(2)3/h7-12,18-21,31H,4-6,13-17H2,1-3H3,(H,34,37). The van der Waals surface area contributed by atoms with E-state index >= 15 is 0 Å². The SMILES string of the molecule is CCC(=O)C(=N)CCCOc1ccc2c(C3CCN(C(=O)Nc4ccc(OC(C)C)cc4)CC3)ncnc2c1. The monoisotopic (exact) mass is 531 g/mol. The van der Waals surface area contributed by atoms with Gasteiger partial charge in [0, 0.05) is 42.6 Å². The Morgan fingerprint density at radius 1 is 1.08 bits per heavy atom. The van der Waals surface area contributed by atoms with E-state index in [1.165, 1.54) is 0 Å². The second kappa shape index (κ2) is 13.2. The summed E-state index contributed by atoms with van der Waals surface area (Å²) in [7, 11) is 0. The molecule has 0 saturated carbocycles. The third-order valence-electron chi connectivity index (χ3n) is 6.78. The lowest BCUT2D eigenvalue weighted by molar-refractivity contribution is -0.112. The molecule has 2 aromatic carbocycles. The third kappa shape index (κ3) is 7.52. The molecule has 1 saturated heterocycles. The van der Waals surface area contributed by atoms with Gasteiger partial charge in [0.15, 0.2) is 5.78 Å². The van der Waals surface area contributed by atoms with Crippen LogP contribution in [0.3, 0.4) is 0 Å². The van der Waals surface area contributed by atoms with Gasteiger partial charge in [0.05, 0.1) is 29.6 Å². The number of likely N-dealkylation sites (tertiary alicyclic amines) is 1. The van der Waals surface area contributed by atoms with Gasteiger partial charge in [-0.25, -0.2) is 14.8 Å². The average molecular weight is 532 g/mol. The maximum Gasteiger partial charge on any atom is 0.321 e. The van der Waals surface area contributed by atoms with E-state index in [0.717, 1.165) is 40.9 Å². The van der Waals surface area contributed by atoms with Gasteiger partial charge in [-0.3, -0.25) is 4.79 Å². The van der Waals surface area contributed by atoms with Crippen molar-refractivity contribution in [2.45, 2.75) is 64.9 Å². The summed E-state index contributed by atoms with van der Waals surface area (Å²) >= 11 is 0. The van der Waals surface area contributed by atoms with E-state index in [0.29, 0.717) is 44.7 Å². The molecule has 2 N–H and O–H groups in total. The second-order valence-corrected chi connectivity index (χ2v) is 10.0. The second-order valence-electron chi connectivity index (χ2n) is 10.0. The average Bonchev–Trinajstić information content (AvgIpc) is 2.95. The molecular weight excluding hydrogens is 494 g/mol. The lowest BCUT2D eigenvalue weighted by Gasteiger charge is -2.32. The molecule has 0 spiro atoms. The number of anilines is 1. The molecule has 9 heteroatoms. The molecule has 1 aliphatic rings. The van der Waals surface area contributed by atoms with E-state index in [-0.39, 0.29) is 29.5 Å². The summed E-state index contributed by atoms with van der Waals surface area (Å²) in [5.41, 5.74) is 2.72. The van der Waals surface area contributed by atoms with Crippen LogP contribution in [0.25, 0.3) is 10.9 Å². The summed E-state index contributed by atoms with van der Waals surface area (Å²) in [6.07, 6.45) is 4.73. The third-order valence-corrected chi connectivity index (χ3v) is 6.78. The van der Waals surface area contributed by atoms with E-state index in [9.17, 15) is 9.59 Å². The summed E-state index contributed by atoms with van der Waals surface area (Å²) in [5, 5.41) is 11.7. The number of benzene rings is 2. The molecule has 0 atom stereocenters. The van der Waals surface area contributed by atoms with Gasteiger partial charge in [-0.2, -0.15) is 0 Å². The highest BCUT2D eigenvalue weighted by Crippen LogP contribution is 2.32. The van der Waals surface area contributed by atoms with Crippen LogP contribution in [0.4, 0.5) is 10.5 Å². The number of nitrogens with zero attached hydrogens (tertiary/aromatic N) is 3. The number of aromatic nitrogens is 2. The minimum atomic E-state index is -0.112. The minimum Gasteiger partial charge on any atom is -0.494 e. The van der Waals surface area contributed by atoms with E-state index in [1.54, 1.807) is 13.3 Å². The Bertz CT molecular complexity index is 1300. The molecule has 2 heterocycles. The van der Waals surface area contributed by atoms with Gasteiger partial charge in [-0.15, -0.1) is 0 Å². The van der Waals surface area contributed by atoms with Crippen LogP contribution in [0.5, 0.6) is 11.5 Å². The lowest BCUT2D eigenvalue weighted by Crippen LogP contribution is -2.40. The molecule has 206 valence electrons. The first kappa shape index (κ1) is 28.0. The van der Waals surface area contributed by atoms with Crippen LogP contribution in [0.15, 0.2) is 48.8 Å². The summed E-state index contributed by atoms with van der Waals surface area (Å²) < 4.78 is 11.5. The van der Waals surface area contributed by atoms with Gasteiger partial charge in [0.1, 0.15) is 17.8 Å². The fourth-order valence-corrected chi connectivity index (χ4v) is 4.71. The number of nitrogens with one attached hydrogen (secondary N) is 2. The van der Waals surface area contributed by atoms with Crippen LogP contribution >= 0.6 is 0 Å². The highest BCUT2D eigenvalue weighted by Gasteiger charge is 2.26. The predicted molar refractivity (Wildman–Crippen MR) is 152 cm³/mol. The van der Waals surface area contributed by atoms with E-state index in [2.05, 4.69) is 15.3 Å². The fourth-order valence-electron chi connectivity index (χ4n) is 4.71. The molecule has 9 nitrogen and oxygen atoms in total. The van der Waals surface area contributed by atoms with E-state index in [1.807, 2.05) is 61.2 Å². The Labute approximate surface area is 229 Å². The van der Waals surface area contributed by atoms with Crippen molar-refractivity contribution in [1.29, 1.82) is 5.41 Å². The fraction of sp³-hybridized carbons (Fsp3) is 0.433. The van der Waals surface area contributed by atoms with Gasteiger partial charge in [-0.1, -0.05) is 6.92 Å². The zero-order valence-electron chi connectivity index (χ0n) is 22.9. The summed E-state index contributed by atoms with van der Waals surface area (Å²) in [4.78, 5) is 35.3. The van der Waals surface area contributed by atoms with Crippen molar-refractivity contribution in [3.05, 3.63) is 54.5 Å². The van der Waals surface area contributed by atoms with Crippen LogP contribution in [0.1, 0.15) is 64.5 Å². The largest absolute Gasteiger partial charge is 0.494 e. The van der Waals surface area contributed by atoms with E-state index in [4.69, 9.17) is 14.9 Å². The Morgan fingerprint density at radius 3 is 2.49 bits per heavy atom. The van der Waals surface area contributed by atoms with Crippen molar-refractivity contribution in [3.8, 4) is 11.5 Å². The molecule has 0 aliphatic carbocycles. The van der Waals surface area contributed by atoms with Crippen molar-refractivity contribution >= 4 is 34.1 Å². The quantitative estimate of drug-likeness (QED) is 0.232. The Balaban J connectivity index is 1.30. The van der Waals surface area contributed by atoms with Gasteiger partial charge >= 0.3 is 6.03 Å². The van der Waals surface area contributed by atoms with Gasteiger partial charge in [0.25, 0.3) is 0 Å². The number of hydrogen-bond donors (Lipinski definition) is 2. The molecule has 1 aliphatic heterocycles. The van der Waals surface area contributed by atoms with Crippen LogP contribution in [-0.2, 0) is 4.79 Å². The number of amides is 2. The Hall–Kier alpha value is -4.01. The molecule has 4 rings (SSSR count). The number of piperidine rings is 1. The topological polar surface area (TPSA) is 118 Å². The molecule has 0 unspecified atom stereocenters. The molecule has 2 amide bonds. The number of ether oxygens (including phenoxy) is 2. The van der Waals surface area contributed by atoms with Crippen molar-refractivity contribution < 1.29 is 19.1 Å². The molecule has 0 radical (unpaired) electrons. The number of hydrogen-bond acceptors (Lipinski definition) is 7. The highest BCUT2D eigenvalue weighted by atomic mass is 16.5. The van der Waals surface area contributed by atoms with Crippen LogP contribution in [-0.4, -0.2) is 58.2 Å². The zero-order chi connectivity index (χ0) is 27.8. The first-order valence-corrected chi connectivity index (χ1v) is 13.6. The Kier molecular flexibility index (Phi) is 9.46. The van der Waals surface area contributed by atoms with Crippen molar-refractivity contribution in [2.24, 2.45) is 0 Å². The number of fused-ring (bicyclic) bond motifs is 1. The van der Waals surface area contributed by atoms with Crippen LogP contribution in [0.2, 0.25) is 0 Å². The Morgan fingerprint density at radius 2 is 1.79 bits per heavy atom. The van der Waals surface area contributed by atoms with Crippen molar-refractivity contribution in [3.63, 3.8) is 0 Å². The molecule has 39 heavy (non-hydrogen) atoms. The number of rotatable bonds is 11. The first-order chi connectivity index (χ1) is 18.8. The molecular formula is C30H37N5O4. The lowest BCUT2D eigenvalue weighted by atomic mass is 9.91. The smallest absolute Gasteiger partial charge is 0.321 e. The van der Waals surface area contributed by atoms with Crippen molar-refractivity contribution in [2.75, 3.05) is 25.0 Å². The van der Waals surface area contributed by atoms with Crippen LogP contribution < -0.4 is 14.8 Å². The molecule has 3 aromatic rings. The molecule has 1 fully saturated rings. The van der Waals surface area contributed by atoms with Crippen LogP contribution in [0, 0.1) is 5.41 Å². The van der Waals surface area contributed by atoms with Gasteiger partial charge in [-0.05, 0) is 75.9 Å². The number of Topliss-reactive ketones (excluding diaryl/α,β-unsaturated/α-hetero) is 1. The summed E-state index contributed by atoms with van der Waals surface area (Å²) in [6.45, 7) is 7.45. The predicted octanol–water partition coefficient (Wildman–Crippen LogP) is 5.99. The van der Waals surface area contributed by atoms with Gasteiger partial charge < -0.3 is 25.1 Å². The van der Waals surface area contributed by atoms with Gasteiger partial charge in [0.2, 0.25) is 0 Å². The number of ketones is 1. The summed E-state index contributed by atoms with van der Waals surface area (Å²) in [6, 6.07) is 13.1. The molecule has 1 aromatic heterocycles. The highest BCUT2D eigenvalue weighted by molar-refractivity contribution is 6.38.